The molecule has 0 spiro atoms. The zero-order valence-electron chi connectivity index (χ0n) is 14.4. The molecule has 130 valence electrons. The average molecular weight is 372 g/mol. The molecule has 1 N–H and O–H groups in total. The van der Waals surface area contributed by atoms with E-state index in [-0.39, 0.29) is 11.8 Å². The van der Waals surface area contributed by atoms with Crippen LogP contribution >= 0.6 is 23.1 Å². The molecular formula is C19H21N3OS2. The van der Waals surface area contributed by atoms with E-state index in [1.54, 1.807) is 11.8 Å². The van der Waals surface area contributed by atoms with Gasteiger partial charge in [0.05, 0.1) is 0 Å². The first kappa shape index (κ1) is 17.9. The van der Waals surface area contributed by atoms with Crippen molar-refractivity contribution >= 4 is 44.9 Å². The van der Waals surface area contributed by atoms with Crippen LogP contribution in [0.2, 0.25) is 0 Å². The van der Waals surface area contributed by atoms with Gasteiger partial charge in [-0.25, -0.2) is 0 Å². The third-order valence-electron chi connectivity index (χ3n) is 4.22. The van der Waals surface area contributed by atoms with Crippen molar-refractivity contribution in [3.63, 3.8) is 0 Å². The molecule has 1 aromatic heterocycles. The van der Waals surface area contributed by atoms with Gasteiger partial charge in [0.2, 0.25) is 11.0 Å². The van der Waals surface area contributed by atoms with E-state index in [2.05, 4.69) is 58.0 Å². The second kappa shape index (κ2) is 8.45. The fourth-order valence-corrected chi connectivity index (χ4v) is 4.50. The second-order valence-electron chi connectivity index (χ2n) is 5.80. The van der Waals surface area contributed by atoms with Gasteiger partial charge in [-0.3, -0.25) is 4.79 Å². The Morgan fingerprint density at radius 3 is 2.68 bits per heavy atom. The van der Waals surface area contributed by atoms with Crippen LogP contribution in [0.25, 0.3) is 10.8 Å². The lowest BCUT2D eigenvalue weighted by molar-refractivity contribution is -0.120. The molecule has 0 aliphatic heterocycles. The molecule has 0 saturated heterocycles. The predicted molar refractivity (Wildman–Crippen MR) is 106 cm³/mol. The van der Waals surface area contributed by atoms with E-state index in [0.29, 0.717) is 5.13 Å². The normalized spacial score (nSPS) is 11.2. The molecule has 25 heavy (non-hydrogen) atoms. The number of carbonyl (C=O) groups is 1. The van der Waals surface area contributed by atoms with Gasteiger partial charge in [0.1, 0.15) is 0 Å². The van der Waals surface area contributed by atoms with E-state index in [4.69, 9.17) is 0 Å². The van der Waals surface area contributed by atoms with Crippen LogP contribution in [0.15, 0.2) is 46.8 Å². The fourth-order valence-electron chi connectivity index (χ4n) is 2.74. The van der Waals surface area contributed by atoms with Crippen molar-refractivity contribution in [2.45, 2.75) is 36.8 Å². The molecular weight excluding hydrogens is 350 g/mol. The number of nitrogens with zero attached hydrogens (tertiary/aromatic N) is 2. The molecule has 0 saturated carbocycles. The van der Waals surface area contributed by atoms with Crippen molar-refractivity contribution in [3.05, 3.63) is 48.0 Å². The van der Waals surface area contributed by atoms with Gasteiger partial charge in [0.15, 0.2) is 4.34 Å². The van der Waals surface area contributed by atoms with Crippen molar-refractivity contribution in [2.75, 3.05) is 5.32 Å². The molecule has 2 aromatic carbocycles. The van der Waals surface area contributed by atoms with Crippen LogP contribution in [0.4, 0.5) is 5.13 Å². The number of rotatable bonds is 7. The molecule has 0 aliphatic rings. The summed E-state index contributed by atoms with van der Waals surface area (Å²) in [7, 11) is 0. The summed E-state index contributed by atoms with van der Waals surface area (Å²) < 4.78 is 0.868. The summed E-state index contributed by atoms with van der Waals surface area (Å²) >= 11 is 3.08. The molecule has 0 aliphatic carbocycles. The molecule has 1 heterocycles. The van der Waals surface area contributed by atoms with E-state index in [9.17, 15) is 4.79 Å². The lowest BCUT2D eigenvalue weighted by atomic mass is 10.0. The summed E-state index contributed by atoms with van der Waals surface area (Å²) in [6, 6.07) is 14.7. The highest BCUT2D eigenvalue weighted by Crippen LogP contribution is 2.31. The van der Waals surface area contributed by atoms with Gasteiger partial charge in [-0.05, 0) is 29.2 Å². The molecule has 4 nitrogen and oxygen atoms in total. The number of nitrogens with one attached hydrogen (secondary N) is 1. The Morgan fingerprint density at radius 2 is 1.88 bits per heavy atom. The van der Waals surface area contributed by atoms with E-state index in [1.807, 2.05) is 13.8 Å². The molecule has 0 unspecified atom stereocenters. The number of benzene rings is 2. The third-order valence-corrected chi connectivity index (χ3v) is 6.24. The Labute approximate surface area is 156 Å². The first-order chi connectivity index (χ1) is 12.2. The van der Waals surface area contributed by atoms with Crippen molar-refractivity contribution in [1.82, 2.24) is 10.2 Å². The van der Waals surface area contributed by atoms with Crippen LogP contribution in [0.1, 0.15) is 32.3 Å². The van der Waals surface area contributed by atoms with Crippen molar-refractivity contribution in [3.8, 4) is 0 Å². The summed E-state index contributed by atoms with van der Waals surface area (Å²) in [4.78, 5) is 12.1. The lowest BCUT2D eigenvalue weighted by Crippen LogP contribution is -2.21. The van der Waals surface area contributed by atoms with Gasteiger partial charge in [0, 0.05) is 11.7 Å². The lowest BCUT2D eigenvalue weighted by Gasteiger charge is -2.09. The summed E-state index contributed by atoms with van der Waals surface area (Å²) in [6.07, 6.45) is 1.67. The maximum absolute atomic E-state index is 12.1. The number of fused-ring (bicyclic) bond motifs is 1. The van der Waals surface area contributed by atoms with Gasteiger partial charge in [0.25, 0.3) is 0 Å². The SMILES string of the molecule is CCC(CC)C(=O)Nc1nnc(SCc2cccc3ccccc23)s1. The molecule has 0 bridgehead atoms. The maximum atomic E-state index is 12.1. The molecule has 0 fully saturated rings. The quantitative estimate of drug-likeness (QED) is 0.449. The Hall–Kier alpha value is -1.92. The molecule has 0 atom stereocenters. The van der Waals surface area contributed by atoms with Crippen LogP contribution in [0.3, 0.4) is 0 Å². The standard InChI is InChI=1S/C19H21N3OS2/c1-3-13(4-2)17(23)20-18-21-22-19(25-18)24-12-15-10-7-9-14-8-5-6-11-16(14)15/h5-11,13H,3-4,12H2,1-2H3,(H,20,21,23). The van der Waals surface area contributed by atoms with Crippen molar-refractivity contribution in [1.29, 1.82) is 0 Å². The van der Waals surface area contributed by atoms with E-state index in [1.165, 1.54) is 27.7 Å². The fraction of sp³-hybridized carbons (Fsp3) is 0.316. The van der Waals surface area contributed by atoms with E-state index in [0.717, 1.165) is 22.9 Å². The summed E-state index contributed by atoms with van der Waals surface area (Å²) in [5.74, 6) is 0.902. The first-order valence-electron chi connectivity index (χ1n) is 8.45. The van der Waals surface area contributed by atoms with Crippen LogP contribution in [0.5, 0.6) is 0 Å². The minimum Gasteiger partial charge on any atom is -0.300 e. The van der Waals surface area contributed by atoms with Gasteiger partial charge in [-0.2, -0.15) is 0 Å². The van der Waals surface area contributed by atoms with Gasteiger partial charge >= 0.3 is 0 Å². The minimum absolute atomic E-state index is 0.0340. The van der Waals surface area contributed by atoms with Gasteiger partial charge in [-0.15, -0.1) is 10.2 Å². The highest BCUT2D eigenvalue weighted by molar-refractivity contribution is 8.00. The molecule has 3 aromatic rings. The van der Waals surface area contributed by atoms with Crippen LogP contribution in [-0.4, -0.2) is 16.1 Å². The van der Waals surface area contributed by atoms with Crippen LogP contribution < -0.4 is 5.32 Å². The molecule has 0 radical (unpaired) electrons. The highest BCUT2D eigenvalue weighted by atomic mass is 32.2. The van der Waals surface area contributed by atoms with Gasteiger partial charge in [-0.1, -0.05) is 79.4 Å². The number of anilines is 1. The molecule has 3 rings (SSSR count). The number of thioether (sulfide) groups is 1. The summed E-state index contributed by atoms with van der Waals surface area (Å²) in [5.41, 5.74) is 1.28. The average Bonchev–Trinajstić information content (AvgIpc) is 3.08. The summed E-state index contributed by atoms with van der Waals surface area (Å²) in [5, 5.41) is 14.3. The topological polar surface area (TPSA) is 54.9 Å². The number of aromatic nitrogens is 2. The van der Waals surface area contributed by atoms with E-state index < -0.39 is 0 Å². The zero-order valence-corrected chi connectivity index (χ0v) is 16.0. The number of hydrogen-bond donors (Lipinski definition) is 1. The van der Waals surface area contributed by atoms with Crippen LogP contribution in [0, 0.1) is 5.92 Å². The van der Waals surface area contributed by atoms with Crippen molar-refractivity contribution < 1.29 is 4.79 Å². The maximum Gasteiger partial charge on any atom is 0.229 e. The Bertz CT molecular complexity index is 853. The Balaban J connectivity index is 1.64. The van der Waals surface area contributed by atoms with E-state index >= 15 is 0 Å². The number of carbonyl (C=O) groups excluding carboxylic acids is 1. The van der Waals surface area contributed by atoms with Gasteiger partial charge < -0.3 is 5.32 Å². The Kier molecular flexibility index (Phi) is 6.04. The molecule has 1 amide bonds. The summed E-state index contributed by atoms with van der Waals surface area (Å²) in [6.45, 7) is 4.05. The number of amides is 1. The van der Waals surface area contributed by atoms with Crippen LogP contribution in [-0.2, 0) is 10.5 Å². The first-order valence-corrected chi connectivity index (χ1v) is 10.2. The highest BCUT2D eigenvalue weighted by Gasteiger charge is 2.16. The second-order valence-corrected chi connectivity index (χ2v) is 8.00. The third kappa shape index (κ3) is 4.38. The monoisotopic (exact) mass is 371 g/mol. The van der Waals surface area contributed by atoms with Crippen molar-refractivity contribution in [2.24, 2.45) is 5.92 Å². The predicted octanol–water partition coefficient (Wildman–Crippen LogP) is 5.36. The minimum atomic E-state index is 0.0340. The molecule has 6 heteroatoms. The smallest absolute Gasteiger partial charge is 0.229 e. The Morgan fingerprint density at radius 1 is 1.12 bits per heavy atom. The zero-order chi connectivity index (χ0) is 17.6. The number of hydrogen-bond acceptors (Lipinski definition) is 5. The largest absolute Gasteiger partial charge is 0.300 e.